The van der Waals surface area contributed by atoms with E-state index in [-0.39, 0.29) is 5.91 Å². The molecule has 0 radical (unpaired) electrons. The second kappa shape index (κ2) is 10.5. The lowest BCUT2D eigenvalue weighted by atomic mass is 9.98. The van der Waals surface area contributed by atoms with Crippen LogP contribution >= 0.6 is 11.6 Å². The predicted molar refractivity (Wildman–Crippen MR) is 118 cm³/mol. The van der Waals surface area contributed by atoms with E-state index in [1.807, 2.05) is 47.2 Å². The topological polar surface area (TPSA) is 51.2 Å². The van der Waals surface area contributed by atoms with E-state index < -0.39 is 0 Å². The Bertz CT molecular complexity index is 874. The number of hydrogen-bond acceptors (Lipinski definition) is 5. The van der Waals surface area contributed by atoms with E-state index >= 15 is 0 Å². The van der Waals surface area contributed by atoms with Crippen LogP contribution in [-0.2, 0) is 17.8 Å². The summed E-state index contributed by atoms with van der Waals surface area (Å²) in [6.07, 6.45) is 1.65. The molecule has 2 aromatic carbocycles. The molecule has 6 nitrogen and oxygen atoms in total. The maximum atomic E-state index is 12.8. The van der Waals surface area contributed by atoms with E-state index in [1.54, 1.807) is 20.3 Å². The fraction of sp³-hybridized carbons (Fsp3) is 0.435. The summed E-state index contributed by atoms with van der Waals surface area (Å²) in [5.41, 5.74) is 2.33. The molecular weight excluding hydrogens is 404 g/mol. The summed E-state index contributed by atoms with van der Waals surface area (Å²) in [5.74, 6) is 2.33. The third-order valence-corrected chi connectivity index (χ3v) is 5.46. The van der Waals surface area contributed by atoms with E-state index in [1.165, 1.54) is 5.56 Å². The maximum Gasteiger partial charge on any atom is 0.237 e. The van der Waals surface area contributed by atoms with Gasteiger partial charge in [-0.25, -0.2) is 0 Å². The average Bonchev–Trinajstić information content (AvgIpc) is 2.75. The highest BCUT2D eigenvalue weighted by molar-refractivity contribution is 6.30. The highest BCUT2D eigenvalue weighted by Crippen LogP contribution is 2.33. The number of carbonyl (C=O) groups is 1. The molecule has 0 bridgehead atoms. The lowest BCUT2D eigenvalue weighted by molar-refractivity contribution is -0.133. The fourth-order valence-electron chi connectivity index (χ4n) is 3.59. The zero-order chi connectivity index (χ0) is 21.5. The molecule has 0 fully saturated rings. The van der Waals surface area contributed by atoms with Crippen LogP contribution in [0.2, 0.25) is 5.02 Å². The first-order chi connectivity index (χ1) is 14.5. The zero-order valence-corrected chi connectivity index (χ0v) is 18.6. The minimum absolute atomic E-state index is 0.133. The average molecular weight is 433 g/mol. The van der Waals surface area contributed by atoms with Crippen molar-refractivity contribution < 1.29 is 19.0 Å². The Kier molecular flexibility index (Phi) is 7.82. The third-order valence-electron chi connectivity index (χ3n) is 5.22. The van der Waals surface area contributed by atoms with Crippen LogP contribution < -0.4 is 14.2 Å². The van der Waals surface area contributed by atoms with Crippen molar-refractivity contribution in [1.82, 2.24) is 9.80 Å². The number of rotatable bonds is 9. The predicted octanol–water partition coefficient (Wildman–Crippen LogP) is 3.64. The van der Waals surface area contributed by atoms with Crippen LogP contribution in [0.5, 0.6) is 17.2 Å². The lowest BCUT2D eigenvalue weighted by Crippen LogP contribution is -2.42. The Hall–Kier alpha value is -2.44. The monoisotopic (exact) mass is 432 g/mol. The van der Waals surface area contributed by atoms with Crippen molar-refractivity contribution in [3.63, 3.8) is 0 Å². The summed E-state index contributed by atoms with van der Waals surface area (Å²) >= 11 is 5.96. The molecule has 2 aromatic rings. The molecule has 0 saturated carbocycles. The highest BCUT2D eigenvalue weighted by atomic mass is 35.5. The molecule has 3 rings (SSSR count). The summed E-state index contributed by atoms with van der Waals surface area (Å²) in [4.78, 5) is 16.7. The van der Waals surface area contributed by atoms with Crippen molar-refractivity contribution in [1.29, 1.82) is 0 Å². The number of ether oxygens (including phenoxy) is 3. The fourth-order valence-corrected chi connectivity index (χ4v) is 3.77. The SMILES string of the molecule is COc1cc2c(cc1OC)CN(C(=O)CN(C)CCCOc1cccc(Cl)c1)CC2. The molecule has 1 aliphatic heterocycles. The van der Waals surface area contributed by atoms with Gasteiger partial charge in [-0.3, -0.25) is 9.69 Å². The molecule has 1 amide bonds. The standard InChI is InChI=1S/C23H29ClN2O4/c1-25(9-5-11-30-20-7-4-6-19(24)14-20)16-23(27)26-10-8-17-12-21(28-2)22(29-3)13-18(17)15-26/h4,6-7,12-14H,5,8-11,15-16H2,1-3H3. The molecule has 1 aliphatic rings. The molecule has 0 aromatic heterocycles. The largest absolute Gasteiger partial charge is 0.493 e. The van der Waals surface area contributed by atoms with Gasteiger partial charge < -0.3 is 19.1 Å². The Labute approximate surface area is 183 Å². The number of hydrogen-bond donors (Lipinski definition) is 0. The minimum Gasteiger partial charge on any atom is -0.493 e. The van der Waals surface area contributed by atoms with Gasteiger partial charge >= 0.3 is 0 Å². The summed E-state index contributed by atoms with van der Waals surface area (Å²) in [5, 5.41) is 0.661. The second-order valence-electron chi connectivity index (χ2n) is 7.44. The van der Waals surface area contributed by atoms with Gasteiger partial charge in [-0.1, -0.05) is 17.7 Å². The van der Waals surface area contributed by atoms with Crippen molar-refractivity contribution in [3.05, 3.63) is 52.5 Å². The van der Waals surface area contributed by atoms with Gasteiger partial charge in [0.1, 0.15) is 5.75 Å². The molecule has 30 heavy (non-hydrogen) atoms. The van der Waals surface area contributed by atoms with Crippen molar-refractivity contribution in [2.75, 3.05) is 47.5 Å². The molecule has 0 atom stereocenters. The quantitative estimate of drug-likeness (QED) is 0.566. The van der Waals surface area contributed by atoms with Crippen LogP contribution in [0.1, 0.15) is 17.5 Å². The van der Waals surface area contributed by atoms with Gasteiger partial charge in [0.2, 0.25) is 5.91 Å². The smallest absolute Gasteiger partial charge is 0.237 e. The number of carbonyl (C=O) groups excluding carboxylic acids is 1. The van der Waals surface area contributed by atoms with Gasteiger partial charge in [-0.2, -0.15) is 0 Å². The van der Waals surface area contributed by atoms with E-state index in [0.29, 0.717) is 37.0 Å². The van der Waals surface area contributed by atoms with Crippen LogP contribution in [0.15, 0.2) is 36.4 Å². The molecule has 162 valence electrons. The van der Waals surface area contributed by atoms with Crippen molar-refractivity contribution >= 4 is 17.5 Å². The Balaban J connectivity index is 1.45. The van der Waals surface area contributed by atoms with Gasteiger partial charge in [-0.05, 0) is 61.3 Å². The Morgan fingerprint density at radius 1 is 1.13 bits per heavy atom. The van der Waals surface area contributed by atoms with Gasteiger partial charge in [0.05, 0.1) is 27.4 Å². The van der Waals surface area contributed by atoms with E-state index in [4.69, 9.17) is 25.8 Å². The molecule has 0 unspecified atom stereocenters. The zero-order valence-electron chi connectivity index (χ0n) is 17.8. The van der Waals surface area contributed by atoms with Gasteiger partial charge in [-0.15, -0.1) is 0 Å². The maximum absolute atomic E-state index is 12.8. The summed E-state index contributed by atoms with van der Waals surface area (Å²) < 4.78 is 16.5. The lowest BCUT2D eigenvalue weighted by Gasteiger charge is -2.31. The van der Waals surface area contributed by atoms with Gasteiger partial charge in [0, 0.05) is 24.7 Å². The van der Waals surface area contributed by atoms with Crippen LogP contribution in [-0.4, -0.2) is 63.2 Å². The van der Waals surface area contributed by atoms with Crippen LogP contribution in [0.3, 0.4) is 0 Å². The first-order valence-electron chi connectivity index (χ1n) is 10.1. The van der Waals surface area contributed by atoms with Crippen LogP contribution in [0, 0.1) is 0 Å². The number of amides is 1. The number of likely N-dealkylation sites (N-methyl/N-ethyl adjacent to an activating group) is 1. The molecule has 1 heterocycles. The number of halogens is 1. The Morgan fingerprint density at radius 3 is 2.57 bits per heavy atom. The number of methoxy groups -OCH3 is 2. The number of fused-ring (bicyclic) bond motifs is 1. The minimum atomic E-state index is 0.133. The second-order valence-corrected chi connectivity index (χ2v) is 7.87. The molecule has 0 aliphatic carbocycles. The first kappa shape index (κ1) is 22.2. The molecule has 7 heteroatoms. The summed E-state index contributed by atoms with van der Waals surface area (Å²) in [7, 11) is 5.23. The molecule has 0 saturated heterocycles. The first-order valence-corrected chi connectivity index (χ1v) is 10.5. The van der Waals surface area contributed by atoms with Crippen molar-refractivity contribution in [3.8, 4) is 17.2 Å². The highest BCUT2D eigenvalue weighted by Gasteiger charge is 2.23. The summed E-state index contributed by atoms with van der Waals surface area (Å²) in [6, 6.07) is 11.4. The number of benzene rings is 2. The van der Waals surface area contributed by atoms with E-state index in [0.717, 1.165) is 36.4 Å². The van der Waals surface area contributed by atoms with Crippen LogP contribution in [0.4, 0.5) is 0 Å². The molecule has 0 spiro atoms. The van der Waals surface area contributed by atoms with Gasteiger partial charge in [0.25, 0.3) is 0 Å². The van der Waals surface area contributed by atoms with Crippen molar-refractivity contribution in [2.45, 2.75) is 19.4 Å². The normalized spacial score (nSPS) is 13.2. The molecule has 0 N–H and O–H groups in total. The molecular formula is C23H29ClN2O4. The summed E-state index contributed by atoms with van der Waals surface area (Å²) in [6.45, 7) is 3.06. The Morgan fingerprint density at radius 2 is 1.87 bits per heavy atom. The van der Waals surface area contributed by atoms with Gasteiger partial charge in [0.15, 0.2) is 11.5 Å². The van der Waals surface area contributed by atoms with E-state index in [2.05, 4.69) is 0 Å². The van der Waals surface area contributed by atoms with E-state index in [9.17, 15) is 4.79 Å². The number of nitrogens with zero attached hydrogens (tertiary/aromatic N) is 2. The third kappa shape index (κ3) is 5.80. The van der Waals surface area contributed by atoms with Crippen LogP contribution in [0.25, 0.3) is 0 Å². The van der Waals surface area contributed by atoms with Crippen molar-refractivity contribution in [2.24, 2.45) is 0 Å².